The van der Waals surface area contributed by atoms with Crippen LogP contribution in [-0.4, -0.2) is 42.8 Å². The number of rotatable bonds is 3. The summed E-state index contributed by atoms with van der Waals surface area (Å²) in [6, 6.07) is 6.53. The molecule has 0 amide bonds. The molecule has 1 heterocycles. The molecule has 1 aromatic carbocycles. The van der Waals surface area contributed by atoms with Crippen LogP contribution in [0.25, 0.3) is 0 Å². The van der Waals surface area contributed by atoms with Gasteiger partial charge in [-0.3, -0.25) is 4.90 Å². The second kappa shape index (κ2) is 6.32. The van der Waals surface area contributed by atoms with Crippen molar-refractivity contribution in [2.75, 3.05) is 32.8 Å². The Balaban J connectivity index is 2.23. The standard InChI is InChI=1S/C15H24N2O/c1-12-5-3-6-14(13(12)2)15(11-18)17-9-4-7-16-8-10-17/h3,5-6,15-16,18H,4,7-11H2,1-2H3. The van der Waals surface area contributed by atoms with Crippen LogP contribution in [0.1, 0.15) is 29.2 Å². The molecule has 0 radical (unpaired) electrons. The van der Waals surface area contributed by atoms with Gasteiger partial charge in [-0.05, 0) is 43.5 Å². The number of hydrogen-bond acceptors (Lipinski definition) is 3. The van der Waals surface area contributed by atoms with Crippen LogP contribution in [0.3, 0.4) is 0 Å². The summed E-state index contributed by atoms with van der Waals surface area (Å²) in [6.45, 7) is 8.66. The maximum absolute atomic E-state index is 9.78. The summed E-state index contributed by atoms with van der Waals surface area (Å²) in [5.41, 5.74) is 3.90. The summed E-state index contributed by atoms with van der Waals surface area (Å²) >= 11 is 0. The lowest BCUT2D eigenvalue weighted by Crippen LogP contribution is -2.34. The average molecular weight is 248 g/mol. The Morgan fingerprint density at radius 1 is 1.28 bits per heavy atom. The molecule has 0 saturated carbocycles. The van der Waals surface area contributed by atoms with Gasteiger partial charge in [0.05, 0.1) is 12.6 Å². The number of nitrogens with one attached hydrogen (secondary N) is 1. The molecule has 100 valence electrons. The monoisotopic (exact) mass is 248 g/mol. The fraction of sp³-hybridized carbons (Fsp3) is 0.600. The van der Waals surface area contributed by atoms with E-state index in [1.165, 1.54) is 16.7 Å². The van der Waals surface area contributed by atoms with Gasteiger partial charge in [0, 0.05) is 19.6 Å². The van der Waals surface area contributed by atoms with Gasteiger partial charge in [0.25, 0.3) is 0 Å². The SMILES string of the molecule is Cc1cccc(C(CO)N2CCCNCC2)c1C. The zero-order chi connectivity index (χ0) is 13.0. The first-order chi connectivity index (χ1) is 8.74. The molecule has 2 rings (SSSR count). The quantitative estimate of drug-likeness (QED) is 0.853. The van der Waals surface area contributed by atoms with E-state index >= 15 is 0 Å². The predicted molar refractivity (Wildman–Crippen MR) is 74.8 cm³/mol. The average Bonchev–Trinajstić information content (AvgIpc) is 2.64. The Morgan fingerprint density at radius 2 is 2.11 bits per heavy atom. The van der Waals surface area contributed by atoms with Crippen LogP contribution in [0.2, 0.25) is 0 Å². The zero-order valence-corrected chi connectivity index (χ0v) is 11.4. The number of hydrogen-bond donors (Lipinski definition) is 2. The molecule has 3 heteroatoms. The maximum Gasteiger partial charge on any atom is 0.0628 e. The second-order valence-electron chi connectivity index (χ2n) is 5.13. The smallest absolute Gasteiger partial charge is 0.0628 e. The fourth-order valence-corrected chi connectivity index (χ4v) is 2.72. The minimum atomic E-state index is 0.143. The molecule has 1 atom stereocenters. The maximum atomic E-state index is 9.78. The molecule has 1 fully saturated rings. The van der Waals surface area contributed by atoms with Crippen molar-refractivity contribution in [3.63, 3.8) is 0 Å². The van der Waals surface area contributed by atoms with Crippen LogP contribution >= 0.6 is 0 Å². The van der Waals surface area contributed by atoms with E-state index in [2.05, 4.69) is 42.3 Å². The Bertz CT molecular complexity index is 384. The molecule has 2 N–H and O–H groups in total. The molecule has 1 aliphatic heterocycles. The molecule has 1 aliphatic rings. The minimum Gasteiger partial charge on any atom is -0.394 e. The van der Waals surface area contributed by atoms with Crippen molar-refractivity contribution >= 4 is 0 Å². The molecule has 1 saturated heterocycles. The summed E-state index contributed by atoms with van der Waals surface area (Å²) in [7, 11) is 0. The van der Waals surface area contributed by atoms with Crippen LogP contribution in [0.4, 0.5) is 0 Å². The van der Waals surface area contributed by atoms with Crippen molar-refractivity contribution in [3.8, 4) is 0 Å². The van der Waals surface area contributed by atoms with E-state index in [0.717, 1.165) is 32.6 Å². The number of benzene rings is 1. The number of aliphatic hydroxyl groups excluding tert-OH is 1. The number of aryl methyl sites for hydroxylation is 1. The minimum absolute atomic E-state index is 0.143. The first-order valence-electron chi connectivity index (χ1n) is 6.85. The molecular weight excluding hydrogens is 224 g/mol. The molecule has 3 nitrogen and oxygen atoms in total. The van der Waals surface area contributed by atoms with Gasteiger partial charge >= 0.3 is 0 Å². The Hall–Kier alpha value is -0.900. The highest BCUT2D eigenvalue weighted by molar-refractivity contribution is 5.35. The second-order valence-corrected chi connectivity index (χ2v) is 5.13. The summed E-state index contributed by atoms with van der Waals surface area (Å²) in [5.74, 6) is 0. The summed E-state index contributed by atoms with van der Waals surface area (Å²) < 4.78 is 0. The van der Waals surface area contributed by atoms with E-state index in [1.807, 2.05) is 0 Å². The van der Waals surface area contributed by atoms with Crippen LogP contribution in [0.5, 0.6) is 0 Å². The van der Waals surface area contributed by atoms with Crippen molar-refractivity contribution in [2.45, 2.75) is 26.3 Å². The van der Waals surface area contributed by atoms with Crippen molar-refractivity contribution in [2.24, 2.45) is 0 Å². The van der Waals surface area contributed by atoms with Crippen molar-refractivity contribution < 1.29 is 5.11 Å². The molecule has 0 aliphatic carbocycles. The van der Waals surface area contributed by atoms with E-state index in [9.17, 15) is 5.11 Å². The first-order valence-corrected chi connectivity index (χ1v) is 6.85. The molecular formula is C15H24N2O. The molecule has 0 bridgehead atoms. The summed E-state index contributed by atoms with van der Waals surface area (Å²) in [6.07, 6.45) is 1.15. The van der Waals surface area contributed by atoms with Gasteiger partial charge in [0.2, 0.25) is 0 Å². The van der Waals surface area contributed by atoms with E-state index in [1.54, 1.807) is 0 Å². The van der Waals surface area contributed by atoms with Crippen LogP contribution in [-0.2, 0) is 0 Å². The van der Waals surface area contributed by atoms with Gasteiger partial charge in [-0.2, -0.15) is 0 Å². The Labute approximate surface area is 110 Å². The van der Waals surface area contributed by atoms with E-state index in [4.69, 9.17) is 0 Å². The van der Waals surface area contributed by atoms with Gasteiger partial charge in [-0.25, -0.2) is 0 Å². The molecule has 18 heavy (non-hydrogen) atoms. The third-order valence-electron chi connectivity index (χ3n) is 3.99. The van der Waals surface area contributed by atoms with E-state index in [0.29, 0.717) is 0 Å². The molecule has 0 aromatic heterocycles. The lowest BCUT2D eigenvalue weighted by molar-refractivity contribution is 0.129. The lowest BCUT2D eigenvalue weighted by atomic mass is 9.96. The van der Waals surface area contributed by atoms with E-state index < -0.39 is 0 Å². The molecule has 0 spiro atoms. The highest BCUT2D eigenvalue weighted by atomic mass is 16.3. The number of nitrogens with zero attached hydrogens (tertiary/aromatic N) is 1. The fourth-order valence-electron chi connectivity index (χ4n) is 2.72. The van der Waals surface area contributed by atoms with E-state index in [-0.39, 0.29) is 12.6 Å². The highest BCUT2D eigenvalue weighted by Gasteiger charge is 2.22. The zero-order valence-electron chi connectivity index (χ0n) is 11.4. The summed E-state index contributed by atoms with van der Waals surface area (Å²) in [5, 5.41) is 13.2. The predicted octanol–water partition coefficient (Wildman–Crippen LogP) is 1.63. The first kappa shape index (κ1) is 13.5. The van der Waals surface area contributed by atoms with Crippen molar-refractivity contribution in [3.05, 3.63) is 34.9 Å². The van der Waals surface area contributed by atoms with Crippen molar-refractivity contribution in [1.29, 1.82) is 0 Å². The van der Waals surface area contributed by atoms with Gasteiger partial charge in [-0.15, -0.1) is 0 Å². The molecule has 1 aromatic rings. The third kappa shape index (κ3) is 2.91. The van der Waals surface area contributed by atoms with Gasteiger partial charge in [-0.1, -0.05) is 18.2 Å². The van der Waals surface area contributed by atoms with Crippen LogP contribution in [0, 0.1) is 13.8 Å². The largest absolute Gasteiger partial charge is 0.394 e. The Morgan fingerprint density at radius 3 is 2.89 bits per heavy atom. The lowest BCUT2D eigenvalue weighted by Gasteiger charge is -2.30. The van der Waals surface area contributed by atoms with Gasteiger partial charge in [0.15, 0.2) is 0 Å². The number of aliphatic hydroxyl groups is 1. The van der Waals surface area contributed by atoms with Gasteiger partial charge in [0.1, 0.15) is 0 Å². The van der Waals surface area contributed by atoms with Crippen LogP contribution < -0.4 is 5.32 Å². The Kier molecular flexibility index (Phi) is 4.75. The molecule has 1 unspecified atom stereocenters. The van der Waals surface area contributed by atoms with Crippen LogP contribution in [0.15, 0.2) is 18.2 Å². The topological polar surface area (TPSA) is 35.5 Å². The third-order valence-corrected chi connectivity index (χ3v) is 3.99. The summed E-state index contributed by atoms with van der Waals surface area (Å²) in [4.78, 5) is 2.40. The normalized spacial score (nSPS) is 19.5. The highest BCUT2D eigenvalue weighted by Crippen LogP contribution is 2.25. The van der Waals surface area contributed by atoms with Gasteiger partial charge < -0.3 is 10.4 Å². The van der Waals surface area contributed by atoms with Crippen molar-refractivity contribution in [1.82, 2.24) is 10.2 Å².